The van der Waals surface area contributed by atoms with Crippen molar-refractivity contribution < 1.29 is 14.7 Å². The molecule has 2 N–H and O–H groups in total. The van der Waals surface area contributed by atoms with Gasteiger partial charge in [-0.25, -0.2) is 9.97 Å². The second kappa shape index (κ2) is 6.84. The van der Waals surface area contributed by atoms with E-state index < -0.39 is 5.97 Å². The molecule has 1 aromatic heterocycles. The molecule has 0 spiro atoms. The van der Waals surface area contributed by atoms with Gasteiger partial charge in [0.05, 0.1) is 17.8 Å². The number of carboxylic acid groups (broad SMARTS) is 1. The predicted octanol–water partition coefficient (Wildman–Crippen LogP) is 1.15. The summed E-state index contributed by atoms with van der Waals surface area (Å²) in [7, 11) is 0. The van der Waals surface area contributed by atoms with E-state index in [-0.39, 0.29) is 24.5 Å². The quantitative estimate of drug-likeness (QED) is 0.778. The zero-order chi connectivity index (χ0) is 17.3. The van der Waals surface area contributed by atoms with Crippen molar-refractivity contribution in [2.45, 2.75) is 51.6 Å². The van der Waals surface area contributed by atoms with Gasteiger partial charge in [0.15, 0.2) is 0 Å². The first-order chi connectivity index (χ1) is 11.4. The summed E-state index contributed by atoms with van der Waals surface area (Å²) in [6.07, 6.45) is 5.58. The van der Waals surface area contributed by atoms with Crippen molar-refractivity contribution in [3.63, 3.8) is 0 Å². The number of nitrogens with zero attached hydrogens (tertiary/aromatic N) is 3. The van der Waals surface area contributed by atoms with Crippen molar-refractivity contribution in [2.24, 2.45) is 5.92 Å². The van der Waals surface area contributed by atoms with E-state index in [1.54, 1.807) is 20.0 Å². The third-order valence-electron chi connectivity index (χ3n) is 4.84. The van der Waals surface area contributed by atoms with Crippen LogP contribution in [0.2, 0.25) is 0 Å². The maximum atomic E-state index is 12.3. The minimum absolute atomic E-state index is 0.0900. The number of hydrogen-bond donors (Lipinski definition) is 2. The normalized spacial score (nSPS) is 23.0. The van der Waals surface area contributed by atoms with E-state index >= 15 is 0 Å². The number of amides is 1. The molecule has 1 heterocycles. The molecule has 24 heavy (non-hydrogen) atoms. The molecule has 7 nitrogen and oxygen atoms in total. The van der Waals surface area contributed by atoms with Crippen molar-refractivity contribution >= 4 is 11.9 Å². The maximum absolute atomic E-state index is 12.3. The molecular formula is C17H24N4O3. The SMILES string of the molecule is Cc1ncc(C(=O)NC2CC(N(CC(=O)O)CC3CC3)C2)c(C)n1. The number of aliphatic carboxylic acids is 1. The molecule has 0 aliphatic heterocycles. The molecule has 0 aromatic carbocycles. The van der Waals surface area contributed by atoms with Crippen LogP contribution in [0.15, 0.2) is 6.20 Å². The largest absolute Gasteiger partial charge is 0.480 e. The van der Waals surface area contributed by atoms with E-state index in [2.05, 4.69) is 20.2 Å². The Morgan fingerprint density at radius 3 is 2.62 bits per heavy atom. The highest BCUT2D eigenvalue weighted by Gasteiger charge is 2.37. The summed E-state index contributed by atoms with van der Waals surface area (Å²) in [6, 6.07) is 0.348. The van der Waals surface area contributed by atoms with Crippen LogP contribution in [0.5, 0.6) is 0 Å². The van der Waals surface area contributed by atoms with Gasteiger partial charge in [-0.1, -0.05) is 0 Å². The van der Waals surface area contributed by atoms with E-state index in [0.717, 1.165) is 19.4 Å². The summed E-state index contributed by atoms with van der Waals surface area (Å²) in [5, 5.41) is 12.1. The Balaban J connectivity index is 1.51. The lowest BCUT2D eigenvalue weighted by Gasteiger charge is -2.42. The lowest BCUT2D eigenvalue weighted by molar-refractivity contribution is -0.139. The minimum atomic E-state index is -0.782. The lowest BCUT2D eigenvalue weighted by Crippen LogP contribution is -2.55. The Kier molecular flexibility index (Phi) is 4.80. The molecule has 2 aliphatic rings. The fourth-order valence-corrected chi connectivity index (χ4v) is 3.22. The summed E-state index contributed by atoms with van der Waals surface area (Å²) >= 11 is 0. The predicted molar refractivity (Wildman–Crippen MR) is 87.7 cm³/mol. The number of nitrogens with one attached hydrogen (secondary N) is 1. The van der Waals surface area contributed by atoms with Gasteiger partial charge in [-0.05, 0) is 45.4 Å². The van der Waals surface area contributed by atoms with Gasteiger partial charge in [0.25, 0.3) is 5.91 Å². The highest BCUT2D eigenvalue weighted by Crippen LogP contribution is 2.33. The number of aromatic nitrogens is 2. The Hall–Kier alpha value is -2.02. The number of carbonyl (C=O) groups is 2. The van der Waals surface area contributed by atoms with Crippen molar-refractivity contribution in [3.05, 3.63) is 23.3 Å². The minimum Gasteiger partial charge on any atom is -0.480 e. The average Bonchev–Trinajstić information content (AvgIpc) is 3.24. The summed E-state index contributed by atoms with van der Waals surface area (Å²) in [5.74, 6) is 0.376. The van der Waals surface area contributed by atoms with Gasteiger partial charge in [-0.15, -0.1) is 0 Å². The van der Waals surface area contributed by atoms with Crippen LogP contribution in [0.4, 0.5) is 0 Å². The van der Waals surface area contributed by atoms with Crippen LogP contribution in [-0.4, -0.2) is 57.0 Å². The second-order valence-corrected chi connectivity index (χ2v) is 6.98. The zero-order valence-corrected chi connectivity index (χ0v) is 14.2. The van der Waals surface area contributed by atoms with Gasteiger partial charge >= 0.3 is 5.97 Å². The Labute approximate surface area is 141 Å². The standard InChI is InChI=1S/C17H24N4O3/c1-10-15(7-18-11(2)19-10)17(24)20-13-5-14(6-13)21(9-16(22)23)8-12-3-4-12/h7,12-14H,3-6,8-9H2,1-2H3,(H,20,24)(H,22,23). The second-order valence-electron chi connectivity index (χ2n) is 6.98. The van der Waals surface area contributed by atoms with Crippen molar-refractivity contribution in [3.8, 4) is 0 Å². The maximum Gasteiger partial charge on any atom is 0.317 e. The van der Waals surface area contributed by atoms with Crippen molar-refractivity contribution in [1.29, 1.82) is 0 Å². The molecule has 1 amide bonds. The first-order valence-corrected chi connectivity index (χ1v) is 8.49. The number of rotatable bonds is 7. The Morgan fingerprint density at radius 2 is 2.04 bits per heavy atom. The third-order valence-corrected chi connectivity index (χ3v) is 4.84. The Bertz CT molecular complexity index is 639. The van der Waals surface area contributed by atoms with Crippen LogP contribution in [-0.2, 0) is 4.79 Å². The molecule has 2 saturated carbocycles. The van der Waals surface area contributed by atoms with E-state index in [1.807, 2.05) is 0 Å². The van der Waals surface area contributed by atoms with E-state index in [1.165, 1.54) is 12.8 Å². The highest BCUT2D eigenvalue weighted by atomic mass is 16.4. The van der Waals surface area contributed by atoms with Gasteiger partial charge < -0.3 is 10.4 Å². The van der Waals surface area contributed by atoms with Crippen LogP contribution in [0, 0.1) is 19.8 Å². The highest BCUT2D eigenvalue weighted by molar-refractivity contribution is 5.95. The molecule has 3 rings (SSSR count). The molecule has 1 aromatic rings. The monoisotopic (exact) mass is 332 g/mol. The fourth-order valence-electron chi connectivity index (χ4n) is 3.22. The lowest BCUT2D eigenvalue weighted by atomic mass is 9.85. The molecular weight excluding hydrogens is 308 g/mol. The molecule has 2 aliphatic carbocycles. The van der Waals surface area contributed by atoms with Crippen LogP contribution in [0.3, 0.4) is 0 Å². The molecule has 0 unspecified atom stereocenters. The Morgan fingerprint density at radius 1 is 1.33 bits per heavy atom. The van der Waals surface area contributed by atoms with Gasteiger partial charge in [-0.3, -0.25) is 14.5 Å². The molecule has 0 saturated heterocycles. The topological polar surface area (TPSA) is 95.4 Å². The van der Waals surface area contributed by atoms with Crippen LogP contribution in [0.25, 0.3) is 0 Å². The van der Waals surface area contributed by atoms with Gasteiger partial charge in [-0.2, -0.15) is 0 Å². The van der Waals surface area contributed by atoms with Gasteiger partial charge in [0.1, 0.15) is 5.82 Å². The first kappa shape index (κ1) is 16.8. The van der Waals surface area contributed by atoms with Crippen molar-refractivity contribution in [2.75, 3.05) is 13.1 Å². The van der Waals surface area contributed by atoms with Crippen LogP contribution in [0.1, 0.15) is 47.6 Å². The number of hydrogen-bond acceptors (Lipinski definition) is 5. The zero-order valence-electron chi connectivity index (χ0n) is 14.2. The number of carboxylic acids is 1. The van der Waals surface area contributed by atoms with E-state index in [9.17, 15) is 9.59 Å². The van der Waals surface area contributed by atoms with E-state index in [0.29, 0.717) is 23.0 Å². The molecule has 0 bridgehead atoms. The van der Waals surface area contributed by atoms with Gasteiger partial charge in [0, 0.05) is 24.8 Å². The summed E-state index contributed by atoms with van der Waals surface area (Å²) in [5.41, 5.74) is 1.18. The van der Waals surface area contributed by atoms with Gasteiger partial charge in [0.2, 0.25) is 0 Å². The smallest absolute Gasteiger partial charge is 0.317 e. The molecule has 2 fully saturated rings. The summed E-state index contributed by atoms with van der Waals surface area (Å²) in [4.78, 5) is 33.7. The number of aryl methyl sites for hydroxylation is 2. The summed E-state index contributed by atoms with van der Waals surface area (Å²) in [6.45, 7) is 4.55. The average molecular weight is 332 g/mol. The van der Waals surface area contributed by atoms with Crippen molar-refractivity contribution in [1.82, 2.24) is 20.2 Å². The number of carbonyl (C=O) groups excluding carboxylic acids is 1. The van der Waals surface area contributed by atoms with E-state index in [4.69, 9.17) is 5.11 Å². The third kappa shape index (κ3) is 4.08. The van der Waals surface area contributed by atoms with Crippen LogP contribution >= 0.6 is 0 Å². The molecule has 7 heteroatoms. The summed E-state index contributed by atoms with van der Waals surface area (Å²) < 4.78 is 0. The molecule has 0 atom stereocenters. The fraction of sp³-hybridized carbons (Fsp3) is 0.647. The van der Waals surface area contributed by atoms with Crippen LogP contribution < -0.4 is 5.32 Å². The first-order valence-electron chi connectivity index (χ1n) is 8.49. The molecule has 130 valence electrons. The molecule has 0 radical (unpaired) electrons.